The van der Waals surface area contributed by atoms with Crippen molar-refractivity contribution in [2.45, 2.75) is 32.2 Å². The number of fused-ring (bicyclic) bond motifs is 1. The highest BCUT2D eigenvalue weighted by molar-refractivity contribution is 7.09. The quantitative estimate of drug-likeness (QED) is 0.375. The first kappa shape index (κ1) is 22.6. The molecule has 1 atom stereocenters. The molecule has 1 aliphatic heterocycles. The Kier molecular flexibility index (Phi) is 6.04. The van der Waals surface area contributed by atoms with E-state index in [-0.39, 0.29) is 11.8 Å². The van der Waals surface area contributed by atoms with E-state index in [4.69, 9.17) is 5.10 Å². The van der Waals surface area contributed by atoms with Crippen LogP contribution in [0.4, 0.5) is 5.82 Å². The number of thiazole rings is 1. The zero-order chi connectivity index (χ0) is 24.5. The largest absolute Gasteiger partial charge is 0.306 e. The van der Waals surface area contributed by atoms with Gasteiger partial charge in [0.25, 0.3) is 5.91 Å². The third-order valence-electron chi connectivity index (χ3n) is 6.54. The molecule has 5 aromatic rings. The number of likely N-dealkylation sites (tertiary alicyclic amines) is 1. The van der Waals surface area contributed by atoms with E-state index in [1.165, 1.54) is 5.56 Å². The number of amides is 1. The van der Waals surface area contributed by atoms with Crippen LogP contribution in [0.25, 0.3) is 11.3 Å². The van der Waals surface area contributed by atoms with Crippen molar-refractivity contribution in [3.05, 3.63) is 88.4 Å². The van der Waals surface area contributed by atoms with Gasteiger partial charge in [0.15, 0.2) is 5.65 Å². The summed E-state index contributed by atoms with van der Waals surface area (Å²) in [5, 5.41) is 15.5. The van der Waals surface area contributed by atoms with Gasteiger partial charge in [-0.05, 0) is 44.5 Å². The average Bonchev–Trinajstić information content (AvgIpc) is 3.65. The maximum atomic E-state index is 13.3. The Morgan fingerprint density at radius 3 is 2.92 bits per heavy atom. The summed E-state index contributed by atoms with van der Waals surface area (Å²) in [6.07, 6.45) is 8.99. The number of piperidine rings is 1. The van der Waals surface area contributed by atoms with E-state index in [1.54, 1.807) is 40.5 Å². The van der Waals surface area contributed by atoms with Gasteiger partial charge < -0.3 is 5.32 Å². The fourth-order valence-electron chi connectivity index (χ4n) is 4.70. The smallest absolute Gasteiger partial charge is 0.262 e. The van der Waals surface area contributed by atoms with Crippen LogP contribution in [0, 0.1) is 6.92 Å². The van der Waals surface area contributed by atoms with E-state index in [0.29, 0.717) is 17.0 Å². The summed E-state index contributed by atoms with van der Waals surface area (Å²) in [6, 6.07) is 11.9. The standard InChI is InChI=1S/C26H26N8OS/c1-18-5-7-20(8-6-18)34-23(30-26(35)21-15-29-33-12-3-9-28-25(21)33)14-22(31-34)19-4-2-11-32(16-19)17-24-27-10-13-36-24/h3,5-10,12-15,19H,2,4,11,16-17H2,1H3,(H,30,35). The van der Waals surface area contributed by atoms with Crippen molar-refractivity contribution in [3.8, 4) is 5.69 Å². The molecule has 182 valence electrons. The van der Waals surface area contributed by atoms with Crippen LogP contribution in [0.5, 0.6) is 0 Å². The second-order valence-corrected chi connectivity index (χ2v) is 10.1. The first-order valence-electron chi connectivity index (χ1n) is 12.0. The van der Waals surface area contributed by atoms with Gasteiger partial charge in [0, 0.05) is 42.5 Å². The Morgan fingerprint density at radius 1 is 1.19 bits per heavy atom. The molecular formula is C26H26N8OS. The van der Waals surface area contributed by atoms with E-state index >= 15 is 0 Å². The van der Waals surface area contributed by atoms with Crippen molar-refractivity contribution in [1.29, 1.82) is 0 Å². The van der Waals surface area contributed by atoms with Crippen LogP contribution in [-0.2, 0) is 6.54 Å². The molecular weight excluding hydrogens is 472 g/mol. The van der Waals surface area contributed by atoms with Crippen LogP contribution in [0.1, 0.15) is 45.4 Å². The molecule has 36 heavy (non-hydrogen) atoms. The molecule has 1 unspecified atom stereocenters. The highest BCUT2D eigenvalue weighted by atomic mass is 32.1. The minimum absolute atomic E-state index is 0.266. The Labute approximate surface area is 212 Å². The third kappa shape index (κ3) is 4.52. The van der Waals surface area contributed by atoms with Crippen LogP contribution < -0.4 is 5.32 Å². The SMILES string of the molecule is Cc1ccc(-n2nc(C3CCCN(Cc4nccs4)C3)cc2NC(=O)c2cnn3cccnc23)cc1. The fraction of sp³-hybridized carbons (Fsp3) is 0.269. The van der Waals surface area contributed by atoms with E-state index in [2.05, 4.69) is 32.2 Å². The van der Waals surface area contributed by atoms with Gasteiger partial charge in [0.1, 0.15) is 16.4 Å². The third-order valence-corrected chi connectivity index (χ3v) is 7.30. The number of nitrogens with zero attached hydrogens (tertiary/aromatic N) is 7. The summed E-state index contributed by atoms with van der Waals surface area (Å²) >= 11 is 1.69. The van der Waals surface area contributed by atoms with E-state index in [0.717, 1.165) is 48.9 Å². The summed E-state index contributed by atoms with van der Waals surface area (Å²) < 4.78 is 3.42. The molecule has 0 spiro atoms. The zero-order valence-corrected chi connectivity index (χ0v) is 20.7. The Balaban J connectivity index is 1.30. The van der Waals surface area contributed by atoms with Crippen molar-refractivity contribution in [2.24, 2.45) is 0 Å². The van der Waals surface area contributed by atoms with E-state index in [9.17, 15) is 4.79 Å². The summed E-state index contributed by atoms with van der Waals surface area (Å²) in [4.78, 5) is 24.5. The summed E-state index contributed by atoms with van der Waals surface area (Å²) in [5.41, 5.74) is 3.98. The monoisotopic (exact) mass is 498 g/mol. The van der Waals surface area contributed by atoms with Crippen LogP contribution in [0.15, 0.2) is 66.6 Å². The molecule has 0 radical (unpaired) electrons. The van der Waals surface area contributed by atoms with Crippen molar-refractivity contribution < 1.29 is 4.79 Å². The lowest BCUT2D eigenvalue weighted by Gasteiger charge is -2.31. The van der Waals surface area contributed by atoms with Gasteiger partial charge >= 0.3 is 0 Å². The molecule has 1 N–H and O–H groups in total. The van der Waals surface area contributed by atoms with Crippen molar-refractivity contribution in [1.82, 2.24) is 34.3 Å². The first-order chi connectivity index (χ1) is 17.6. The molecule has 5 heterocycles. The predicted octanol–water partition coefficient (Wildman–Crippen LogP) is 4.31. The van der Waals surface area contributed by atoms with Gasteiger partial charge in [-0.25, -0.2) is 19.2 Å². The maximum Gasteiger partial charge on any atom is 0.262 e. The number of nitrogens with one attached hydrogen (secondary N) is 1. The molecule has 1 saturated heterocycles. The molecule has 1 aliphatic rings. The Hall–Kier alpha value is -3.89. The number of benzene rings is 1. The number of carbonyl (C=O) groups excluding carboxylic acids is 1. The molecule has 10 heteroatoms. The van der Waals surface area contributed by atoms with Crippen molar-refractivity contribution in [2.75, 3.05) is 18.4 Å². The van der Waals surface area contributed by atoms with Gasteiger partial charge in [0.2, 0.25) is 0 Å². The number of anilines is 1. The van der Waals surface area contributed by atoms with Crippen LogP contribution in [0.3, 0.4) is 0 Å². The van der Waals surface area contributed by atoms with Gasteiger partial charge in [-0.2, -0.15) is 10.2 Å². The minimum Gasteiger partial charge on any atom is -0.306 e. The number of hydrogen-bond donors (Lipinski definition) is 1. The number of aryl methyl sites for hydroxylation is 1. The first-order valence-corrected chi connectivity index (χ1v) is 12.9. The predicted molar refractivity (Wildman–Crippen MR) is 139 cm³/mol. The maximum absolute atomic E-state index is 13.3. The fourth-order valence-corrected chi connectivity index (χ4v) is 5.36. The van der Waals surface area contributed by atoms with Crippen molar-refractivity contribution in [3.63, 3.8) is 0 Å². The van der Waals surface area contributed by atoms with Crippen molar-refractivity contribution >= 4 is 28.7 Å². The highest BCUT2D eigenvalue weighted by Gasteiger charge is 2.26. The summed E-state index contributed by atoms with van der Waals surface area (Å²) in [7, 11) is 0. The van der Waals surface area contributed by atoms with Crippen LogP contribution in [0.2, 0.25) is 0 Å². The number of rotatable bonds is 6. The Bertz CT molecular complexity index is 1490. The second-order valence-electron chi connectivity index (χ2n) is 9.10. The molecule has 1 aromatic carbocycles. The highest BCUT2D eigenvalue weighted by Crippen LogP contribution is 2.30. The van der Waals surface area contributed by atoms with Gasteiger partial charge in [0.05, 0.1) is 24.1 Å². The second kappa shape index (κ2) is 9.63. The van der Waals surface area contributed by atoms with Crippen LogP contribution >= 0.6 is 11.3 Å². The average molecular weight is 499 g/mol. The molecule has 0 bridgehead atoms. The molecule has 4 aromatic heterocycles. The lowest BCUT2D eigenvalue weighted by Crippen LogP contribution is -2.34. The molecule has 0 saturated carbocycles. The summed E-state index contributed by atoms with van der Waals surface area (Å²) in [5.74, 6) is 0.642. The number of aromatic nitrogens is 6. The summed E-state index contributed by atoms with van der Waals surface area (Å²) in [6.45, 7) is 4.88. The zero-order valence-electron chi connectivity index (χ0n) is 19.9. The molecule has 6 rings (SSSR count). The van der Waals surface area contributed by atoms with Gasteiger partial charge in [-0.1, -0.05) is 17.7 Å². The number of hydrogen-bond acceptors (Lipinski definition) is 7. The molecule has 1 fully saturated rings. The lowest BCUT2D eigenvalue weighted by molar-refractivity contribution is 0.102. The molecule has 0 aliphatic carbocycles. The normalized spacial score (nSPS) is 16.4. The molecule has 9 nitrogen and oxygen atoms in total. The van der Waals surface area contributed by atoms with E-state index < -0.39 is 0 Å². The minimum atomic E-state index is -0.266. The molecule has 1 amide bonds. The topological polar surface area (TPSA) is 93.2 Å². The lowest BCUT2D eigenvalue weighted by atomic mass is 9.95. The van der Waals surface area contributed by atoms with E-state index in [1.807, 2.05) is 46.6 Å². The van der Waals surface area contributed by atoms with Crippen LogP contribution in [-0.4, -0.2) is 53.3 Å². The Morgan fingerprint density at radius 2 is 2.08 bits per heavy atom. The van der Waals surface area contributed by atoms with Gasteiger partial charge in [-0.15, -0.1) is 11.3 Å². The van der Waals surface area contributed by atoms with Gasteiger partial charge in [-0.3, -0.25) is 9.69 Å². The number of carbonyl (C=O) groups is 1.